The third kappa shape index (κ3) is 3.97. The van der Waals surface area contributed by atoms with Crippen molar-refractivity contribution < 1.29 is 4.74 Å². The van der Waals surface area contributed by atoms with Gasteiger partial charge in [0.2, 0.25) is 0 Å². The van der Waals surface area contributed by atoms with E-state index in [1.54, 1.807) is 0 Å². The van der Waals surface area contributed by atoms with Gasteiger partial charge in [0.25, 0.3) is 0 Å². The number of nitrogens with one attached hydrogen (secondary N) is 1. The molecule has 0 heterocycles. The average Bonchev–Trinajstić information content (AvgIpc) is 2.87. The second-order valence-electron chi connectivity index (χ2n) is 4.87. The van der Waals surface area contributed by atoms with E-state index in [9.17, 15) is 0 Å². The zero-order valence-corrected chi connectivity index (χ0v) is 9.13. The molecule has 0 radical (unpaired) electrons. The van der Waals surface area contributed by atoms with Crippen LogP contribution in [-0.2, 0) is 4.74 Å². The minimum atomic E-state index is 0.874. The second-order valence-corrected chi connectivity index (χ2v) is 4.87. The molecule has 0 atom stereocenters. The molecule has 82 valence electrons. The summed E-state index contributed by atoms with van der Waals surface area (Å²) in [7, 11) is 0. The molecule has 2 aliphatic rings. The van der Waals surface area contributed by atoms with E-state index in [1.807, 2.05) is 0 Å². The van der Waals surface area contributed by atoms with E-state index in [0.29, 0.717) is 0 Å². The molecular formula is C12H23NO. The van der Waals surface area contributed by atoms with E-state index in [0.717, 1.165) is 31.6 Å². The average molecular weight is 197 g/mol. The summed E-state index contributed by atoms with van der Waals surface area (Å²) in [6.07, 6.45) is 8.53. The van der Waals surface area contributed by atoms with Gasteiger partial charge >= 0.3 is 0 Å². The van der Waals surface area contributed by atoms with E-state index in [1.165, 1.54) is 45.1 Å². The lowest BCUT2D eigenvalue weighted by Gasteiger charge is -2.10. The molecular weight excluding hydrogens is 174 g/mol. The van der Waals surface area contributed by atoms with Crippen LogP contribution in [0.2, 0.25) is 0 Å². The highest BCUT2D eigenvalue weighted by molar-refractivity contribution is 4.75. The van der Waals surface area contributed by atoms with Crippen LogP contribution in [0.5, 0.6) is 0 Å². The standard InChI is InChI=1S/C12H23NO/c1-2-4-12(3-1)10-14-8-7-13-9-11-5-6-11/h11-13H,1-10H2. The molecule has 2 heteroatoms. The largest absolute Gasteiger partial charge is 0.380 e. The highest BCUT2D eigenvalue weighted by atomic mass is 16.5. The molecule has 2 nitrogen and oxygen atoms in total. The van der Waals surface area contributed by atoms with Gasteiger partial charge in [-0.15, -0.1) is 0 Å². The Labute approximate surface area is 87.4 Å². The Morgan fingerprint density at radius 2 is 1.79 bits per heavy atom. The lowest BCUT2D eigenvalue weighted by molar-refractivity contribution is 0.103. The van der Waals surface area contributed by atoms with E-state index < -0.39 is 0 Å². The van der Waals surface area contributed by atoms with Crippen molar-refractivity contribution in [1.29, 1.82) is 0 Å². The Balaban J connectivity index is 1.35. The summed E-state index contributed by atoms with van der Waals surface area (Å²) in [4.78, 5) is 0. The van der Waals surface area contributed by atoms with E-state index >= 15 is 0 Å². The molecule has 0 spiro atoms. The van der Waals surface area contributed by atoms with Gasteiger partial charge in [0, 0.05) is 13.2 Å². The van der Waals surface area contributed by atoms with Crippen LogP contribution < -0.4 is 5.32 Å². The van der Waals surface area contributed by atoms with Gasteiger partial charge in [-0.1, -0.05) is 12.8 Å². The molecule has 2 rings (SSSR count). The molecule has 0 unspecified atom stereocenters. The van der Waals surface area contributed by atoms with Crippen molar-refractivity contribution in [2.45, 2.75) is 38.5 Å². The summed E-state index contributed by atoms with van der Waals surface area (Å²) in [6.45, 7) is 4.17. The van der Waals surface area contributed by atoms with Crippen LogP contribution in [0.25, 0.3) is 0 Å². The molecule has 0 aliphatic heterocycles. The third-order valence-corrected chi connectivity index (χ3v) is 3.38. The maximum absolute atomic E-state index is 5.66. The number of hydrogen-bond acceptors (Lipinski definition) is 2. The van der Waals surface area contributed by atoms with Crippen LogP contribution in [0.1, 0.15) is 38.5 Å². The molecule has 0 bridgehead atoms. The van der Waals surface area contributed by atoms with Crippen LogP contribution in [0.3, 0.4) is 0 Å². The van der Waals surface area contributed by atoms with Gasteiger partial charge in [-0.2, -0.15) is 0 Å². The van der Waals surface area contributed by atoms with Crippen LogP contribution in [0.15, 0.2) is 0 Å². The highest BCUT2D eigenvalue weighted by Crippen LogP contribution is 2.27. The zero-order chi connectivity index (χ0) is 9.64. The summed E-state index contributed by atoms with van der Waals surface area (Å²) in [6, 6.07) is 0. The maximum Gasteiger partial charge on any atom is 0.0591 e. The quantitative estimate of drug-likeness (QED) is 0.632. The summed E-state index contributed by atoms with van der Waals surface area (Å²) in [5.74, 6) is 1.86. The van der Waals surface area contributed by atoms with E-state index in [4.69, 9.17) is 4.74 Å². The first kappa shape index (κ1) is 10.4. The first-order chi connectivity index (χ1) is 6.95. The molecule has 14 heavy (non-hydrogen) atoms. The first-order valence-electron chi connectivity index (χ1n) is 6.23. The molecule has 0 aromatic carbocycles. The van der Waals surface area contributed by atoms with Gasteiger partial charge in [-0.05, 0) is 44.1 Å². The molecule has 1 N–H and O–H groups in total. The van der Waals surface area contributed by atoms with Crippen LogP contribution >= 0.6 is 0 Å². The Hall–Kier alpha value is -0.0800. The van der Waals surface area contributed by atoms with Crippen LogP contribution in [0.4, 0.5) is 0 Å². The van der Waals surface area contributed by atoms with Gasteiger partial charge in [0.05, 0.1) is 6.61 Å². The minimum Gasteiger partial charge on any atom is -0.380 e. The second kappa shape index (κ2) is 5.72. The van der Waals surface area contributed by atoms with Crippen LogP contribution in [0, 0.1) is 11.8 Å². The molecule has 0 aromatic heterocycles. The SMILES string of the molecule is C1CCC(COCCNCC2CC2)C1. The summed E-state index contributed by atoms with van der Waals surface area (Å²) >= 11 is 0. The lowest BCUT2D eigenvalue weighted by Crippen LogP contribution is -2.22. The molecule has 0 saturated heterocycles. The summed E-state index contributed by atoms with van der Waals surface area (Å²) in [5.41, 5.74) is 0. The predicted octanol–water partition coefficient (Wildman–Crippen LogP) is 2.19. The number of ether oxygens (including phenoxy) is 1. The number of hydrogen-bond donors (Lipinski definition) is 1. The van der Waals surface area contributed by atoms with Gasteiger partial charge in [-0.3, -0.25) is 0 Å². The van der Waals surface area contributed by atoms with Crippen molar-refractivity contribution in [3.63, 3.8) is 0 Å². The molecule has 2 fully saturated rings. The Kier molecular flexibility index (Phi) is 4.26. The number of rotatable bonds is 7. The maximum atomic E-state index is 5.66. The Morgan fingerprint density at radius 1 is 1.00 bits per heavy atom. The van der Waals surface area contributed by atoms with Crippen molar-refractivity contribution in [1.82, 2.24) is 5.32 Å². The normalized spacial score (nSPS) is 23.1. The minimum absolute atomic E-state index is 0.874. The predicted molar refractivity (Wildman–Crippen MR) is 58.4 cm³/mol. The Bertz CT molecular complexity index is 150. The Morgan fingerprint density at radius 3 is 2.50 bits per heavy atom. The summed E-state index contributed by atoms with van der Waals surface area (Å²) in [5, 5.41) is 3.45. The van der Waals surface area contributed by atoms with Gasteiger partial charge in [0.15, 0.2) is 0 Å². The third-order valence-electron chi connectivity index (χ3n) is 3.38. The molecule has 2 aliphatic carbocycles. The van der Waals surface area contributed by atoms with Crippen molar-refractivity contribution >= 4 is 0 Å². The van der Waals surface area contributed by atoms with E-state index in [2.05, 4.69) is 5.32 Å². The zero-order valence-electron chi connectivity index (χ0n) is 9.13. The molecule has 2 saturated carbocycles. The fourth-order valence-electron chi connectivity index (χ4n) is 2.20. The van der Waals surface area contributed by atoms with Gasteiger partial charge < -0.3 is 10.1 Å². The fraction of sp³-hybridized carbons (Fsp3) is 1.00. The van der Waals surface area contributed by atoms with Crippen LogP contribution in [-0.4, -0.2) is 26.3 Å². The van der Waals surface area contributed by atoms with Crippen molar-refractivity contribution in [2.24, 2.45) is 11.8 Å². The van der Waals surface area contributed by atoms with Crippen molar-refractivity contribution in [3.8, 4) is 0 Å². The molecule has 0 amide bonds. The summed E-state index contributed by atoms with van der Waals surface area (Å²) < 4.78 is 5.66. The topological polar surface area (TPSA) is 21.3 Å². The highest BCUT2D eigenvalue weighted by Gasteiger charge is 2.20. The lowest BCUT2D eigenvalue weighted by atomic mass is 10.1. The smallest absolute Gasteiger partial charge is 0.0591 e. The molecule has 0 aromatic rings. The van der Waals surface area contributed by atoms with Crippen molar-refractivity contribution in [3.05, 3.63) is 0 Å². The first-order valence-corrected chi connectivity index (χ1v) is 6.23. The van der Waals surface area contributed by atoms with Gasteiger partial charge in [-0.25, -0.2) is 0 Å². The van der Waals surface area contributed by atoms with E-state index in [-0.39, 0.29) is 0 Å². The van der Waals surface area contributed by atoms with Crippen molar-refractivity contribution in [2.75, 3.05) is 26.3 Å². The van der Waals surface area contributed by atoms with Gasteiger partial charge in [0.1, 0.15) is 0 Å². The fourth-order valence-corrected chi connectivity index (χ4v) is 2.20. The monoisotopic (exact) mass is 197 g/mol.